The van der Waals surface area contributed by atoms with Crippen LogP contribution in [0.25, 0.3) is 10.9 Å². The standard InChI is InChI=1S/C12H10F3NO/c1-2-7-3-4-9-8(5-7)10(17)6-11(16-9)12(13,14)15/h3-6H,2H2,1H3,(H,16,17). The molecule has 0 amide bonds. The summed E-state index contributed by atoms with van der Waals surface area (Å²) in [4.78, 5) is 3.50. The molecule has 90 valence electrons. The van der Waals surface area contributed by atoms with Crippen molar-refractivity contribution in [3.63, 3.8) is 0 Å². The van der Waals surface area contributed by atoms with Gasteiger partial charge in [-0.1, -0.05) is 13.0 Å². The van der Waals surface area contributed by atoms with Gasteiger partial charge in [0.05, 0.1) is 5.52 Å². The third-order valence-corrected chi connectivity index (χ3v) is 2.55. The third-order valence-electron chi connectivity index (χ3n) is 2.55. The summed E-state index contributed by atoms with van der Waals surface area (Å²) in [6.07, 6.45) is -3.80. The minimum Gasteiger partial charge on any atom is -0.507 e. The second-order valence-electron chi connectivity index (χ2n) is 3.73. The van der Waals surface area contributed by atoms with Crippen LogP contribution in [0.5, 0.6) is 5.75 Å². The molecular weight excluding hydrogens is 231 g/mol. The van der Waals surface area contributed by atoms with Crippen molar-refractivity contribution in [3.05, 3.63) is 35.5 Å². The molecule has 1 aromatic carbocycles. The molecule has 0 saturated heterocycles. The number of alkyl halides is 3. The number of pyridine rings is 1. The van der Waals surface area contributed by atoms with Gasteiger partial charge in [-0.25, -0.2) is 4.98 Å². The van der Waals surface area contributed by atoms with Crippen LogP contribution >= 0.6 is 0 Å². The number of rotatable bonds is 1. The van der Waals surface area contributed by atoms with Crippen LogP contribution < -0.4 is 0 Å². The normalized spacial score (nSPS) is 12.0. The second-order valence-corrected chi connectivity index (χ2v) is 3.73. The molecule has 17 heavy (non-hydrogen) atoms. The maximum Gasteiger partial charge on any atom is 0.433 e. The van der Waals surface area contributed by atoms with E-state index in [4.69, 9.17) is 0 Å². The molecule has 0 saturated carbocycles. The maximum absolute atomic E-state index is 12.5. The van der Waals surface area contributed by atoms with Gasteiger partial charge in [-0.3, -0.25) is 0 Å². The first-order chi connectivity index (χ1) is 7.91. The van der Waals surface area contributed by atoms with Gasteiger partial charge in [-0.05, 0) is 24.1 Å². The van der Waals surface area contributed by atoms with Crippen molar-refractivity contribution in [3.8, 4) is 5.75 Å². The highest BCUT2D eigenvalue weighted by Crippen LogP contribution is 2.33. The summed E-state index contributed by atoms with van der Waals surface area (Å²) in [6, 6.07) is 5.50. The fourth-order valence-corrected chi connectivity index (χ4v) is 1.62. The van der Waals surface area contributed by atoms with Crippen molar-refractivity contribution < 1.29 is 18.3 Å². The number of nitrogens with zero attached hydrogens (tertiary/aromatic N) is 1. The van der Waals surface area contributed by atoms with Gasteiger partial charge in [0.1, 0.15) is 11.4 Å². The largest absolute Gasteiger partial charge is 0.507 e. The quantitative estimate of drug-likeness (QED) is 0.828. The van der Waals surface area contributed by atoms with E-state index >= 15 is 0 Å². The fourth-order valence-electron chi connectivity index (χ4n) is 1.62. The smallest absolute Gasteiger partial charge is 0.433 e. The van der Waals surface area contributed by atoms with Gasteiger partial charge in [0.15, 0.2) is 0 Å². The van der Waals surface area contributed by atoms with E-state index in [-0.39, 0.29) is 5.52 Å². The first-order valence-corrected chi connectivity index (χ1v) is 5.11. The van der Waals surface area contributed by atoms with Gasteiger partial charge in [0.25, 0.3) is 0 Å². The van der Waals surface area contributed by atoms with Gasteiger partial charge in [-0.2, -0.15) is 13.2 Å². The topological polar surface area (TPSA) is 33.1 Å². The molecule has 0 aliphatic rings. The number of aromatic nitrogens is 1. The van der Waals surface area contributed by atoms with Crippen molar-refractivity contribution in [2.75, 3.05) is 0 Å². The first kappa shape index (κ1) is 11.7. The second kappa shape index (κ2) is 3.91. The average molecular weight is 241 g/mol. The zero-order valence-corrected chi connectivity index (χ0v) is 9.04. The van der Waals surface area contributed by atoms with E-state index in [1.54, 1.807) is 12.1 Å². The molecule has 1 N–H and O–H groups in total. The molecule has 0 fully saturated rings. The van der Waals surface area contributed by atoms with Crippen LogP contribution in [0.3, 0.4) is 0 Å². The van der Waals surface area contributed by atoms with E-state index in [2.05, 4.69) is 4.98 Å². The molecule has 0 radical (unpaired) electrons. The van der Waals surface area contributed by atoms with Gasteiger partial charge in [-0.15, -0.1) is 0 Å². The van der Waals surface area contributed by atoms with Gasteiger partial charge >= 0.3 is 6.18 Å². The first-order valence-electron chi connectivity index (χ1n) is 5.11. The Morgan fingerprint density at radius 1 is 1.24 bits per heavy atom. The lowest BCUT2D eigenvalue weighted by molar-refractivity contribution is -0.141. The summed E-state index contributed by atoms with van der Waals surface area (Å²) in [7, 11) is 0. The minimum absolute atomic E-state index is 0.148. The Labute approximate surface area is 95.7 Å². The molecule has 0 unspecified atom stereocenters. The highest BCUT2D eigenvalue weighted by Gasteiger charge is 2.33. The lowest BCUT2D eigenvalue weighted by Gasteiger charge is -2.09. The Hall–Kier alpha value is -1.78. The van der Waals surface area contributed by atoms with Crippen molar-refractivity contribution in [2.45, 2.75) is 19.5 Å². The number of halogens is 3. The van der Waals surface area contributed by atoms with Crippen molar-refractivity contribution in [1.82, 2.24) is 4.98 Å². The SMILES string of the molecule is CCc1ccc2nc(C(F)(F)F)cc(O)c2c1. The highest BCUT2D eigenvalue weighted by molar-refractivity contribution is 5.85. The molecule has 5 heteroatoms. The van der Waals surface area contributed by atoms with Crippen molar-refractivity contribution >= 4 is 10.9 Å². The van der Waals surface area contributed by atoms with Crippen LogP contribution in [-0.4, -0.2) is 10.1 Å². The third kappa shape index (κ3) is 2.18. The number of aryl methyl sites for hydroxylation is 1. The Kier molecular flexibility index (Phi) is 2.69. The van der Waals surface area contributed by atoms with Crippen LogP contribution in [0.1, 0.15) is 18.2 Å². The Morgan fingerprint density at radius 3 is 2.53 bits per heavy atom. The molecule has 2 nitrogen and oxygen atoms in total. The summed E-state index contributed by atoms with van der Waals surface area (Å²) in [5.41, 5.74) is 0.00984. The molecule has 0 spiro atoms. The molecular formula is C12H10F3NO. The van der Waals surface area contributed by atoms with Crippen molar-refractivity contribution in [2.24, 2.45) is 0 Å². The summed E-state index contributed by atoms with van der Waals surface area (Å²) >= 11 is 0. The molecule has 0 aliphatic heterocycles. The molecule has 2 aromatic rings. The highest BCUT2D eigenvalue weighted by atomic mass is 19.4. The lowest BCUT2D eigenvalue weighted by Crippen LogP contribution is -2.07. The summed E-state index contributed by atoms with van der Waals surface area (Å²) in [5, 5.41) is 9.94. The summed E-state index contributed by atoms with van der Waals surface area (Å²) in [6.45, 7) is 1.93. The number of fused-ring (bicyclic) bond motifs is 1. The fraction of sp³-hybridized carbons (Fsp3) is 0.250. The molecule has 1 heterocycles. The molecule has 0 aliphatic carbocycles. The lowest BCUT2D eigenvalue weighted by atomic mass is 10.1. The minimum atomic E-state index is -4.55. The van der Waals surface area contributed by atoms with Crippen molar-refractivity contribution in [1.29, 1.82) is 0 Å². The van der Waals surface area contributed by atoms with E-state index in [1.165, 1.54) is 6.07 Å². The molecule has 1 aromatic heterocycles. The molecule has 0 bridgehead atoms. The summed E-state index contributed by atoms with van der Waals surface area (Å²) in [5.74, 6) is -0.391. The predicted molar refractivity (Wildman–Crippen MR) is 57.8 cm³/mol. The number of hydrogen-bond acceptors (Lipinski definition) is 2. The van der Waals surface area contributed by atoms with Crippen LogP contribution in [0, 0.1) is 0 Å². The zero-order valence-electron chi connectivity index (χ0n) is 9.04. The number of benzene rings is 1. The average Bonchev–Trinajstić information content (AvgIpc) is 2.27. The Morgan fingerprint density at radius 2 is 1.94 bits per heavy atom. The Balaban J connectivity index is 2.68. The molecule has 0 atom stereocenters. The Bertz CT molecular complexity index is 563. The van der Waals surface area contributed by atoms with Crippen LogP contribution in [-0.2, 0) is 12.6 Å². The van der Waals surface area contributed by atoms with E-state index in [0.29, 0.717) is 11.5 Å². The van der Waals surface area contributed by atoms with E-state index in [1.807, 2.05) is 6.92 Å². The van der Waals surface area contributed by atoms with Gasteiger partial charge in [0, 0.05) is 11.5 Å². The van der Waals surface area contributed by atoms with Crippen LogP contribution in [0.2, 0.25) is 0 Å². The number of hydrogen-bond donors (Lipinski definition) is 1. The maximum atomic E-state index is 12.5. The van der Waals surface area contributed by atoms with Gasteiger partial charge < -0.3 is 5.11 Å². The monoisotopic (exact) mass is 241 g/mol. The van der Waals surface area contributed by atoms with Gasteiger partial charge in [0.2, 0.25) is 0 Å². The van der Waals surface area contributed by atoms with E-state index < -0.39 is 17.6 Å². The van der Waals surface area contributed by atoms with Crippen LogP contribution in [0.4, 0.5) is 13.2 Å². The zero-order chi connectivity index (χ0) is 12.6. The van der Waals surface area contributed by atoms with Crippen LogP contribution in [0.15, 0.2) is 24.3 Å². The summed E-state index contributed by atoms with van der Waals surface area (Å²) < 4.78 is 37.4. The number of aromatic hydroxyl groups is 1. The molecule has 2 rings (SSSR count). The van der Waals surface area contributed by atoms with E-state index in [9.17, 15) is 18.3 Å². The predicted octanol–water partition coefficient (Wildman–Crippen LogP) is 3.52. The van der Waals surface area contributed by atoms with E-state index in [0.717, 1.165) is 12.0 Å².